The summed E-state index contributed by atoms with van der Waals surface area (Å²) in [5.74, 6) is 0.700. The molecule has 0 spiro atoms. The molecule has 0 amide bonds. The fraction of sp³-hybridized carbons (Fsp3) is 0.238. The molecular weight excluding hydrogens is 422 g/mol. The van der Waals surface area contributed by atoms with E-state index >= 15 is 0 Å². The minimum Gasteiger partial charge on any atom is -0.338 e. The van der Waals surface area contributed by atoms with E-state index < -0.39 is 11.1 Å². The number of hydrogen-bond acceptors (Lipinski definition) is 6. The number of halogens is 1. The summed E-state index contributed by atoms with van der Waals surface area (Å²) in [4.78, 5) is 11.2. The minimum atomic E-state index is -2.13. The third-order valence-corrected chi connectivity index (χ3v) is 5.59. The summed E-state index contributed by atoms with van der Waals surface area (Å²) in [7, 11) is 0. The highest BCUT2D eigenvalue weighted by molar-refractivity contribution is 7.79. The molecule has 7 nitrogen and oxygen atoms in total. The smallest absolute Gasteiger partial charge is 0.229 e. The van der Waals surface area contributed by atoms with Crippen molar-refractivity contribution in [2.24, 2.45) is 0 Å². The van der Waals surface area contributed by atoms with Gasteiger partial charge in [-0.1, -0.05) is 49.7 Å². The molecule has 158 valence electrons. The maximum Gasteiger partial charge on any atom is 0.229 e. The maximum absolute atomic E-state index is 11.5. The zero-order chi connectivity index (χ0) is 21.5. The Kier molecular flexibility index (Phi) is 7.75. The van der Waals surface area contributed by atoms with E-state index in [0.29, 0.717) is 22.5 Å². The van der Waals surface area contributed by atoms with Crippen LogP contribution in [0, 0.1) is 0 Å². The van der Waals surface area contributed by atoms with Gasteiger partial charge in [0.2, 0.25) is 5.95 Å². The average molecular weight is 446 g/mol. The monoisotopic (exact) mass is 445 g/mol. The first-order chi connectivity index (χ1) is 14.5. The molecule has 2 aromatic carbocycles. The summed E-state index contributed by atoms with van der Waals surface area (Å²) in [5.41, 5.74) is 2.53. The summed E-state index contributed by atoms with van der Waals surface area (Å²) < 4.78 is 21.0. The molecule has 3 aromatic rings. The van der Waals surface area contributed by atoms with E-state index in [1.165, 1.54) is 11.8 Å². The number of nitrogens with zero attached hydrogens (tertiary/aromatic N) is 3. The predicted molar refractivity (Wildman–Crippen MR) is 122 cm³/mol. The van der Waals surface area contributed by atoms with Crippen LogP contribution in [0.3, 0.4) is 0 Å². The van der Waals surface area contributed by atoms with Crippen LogP contribution in [0.5, 0.6) is 0 Å². The Morgan fingerprint density at radius 3 is 2.43 bits per heavy atom. The van der Waals surface area contributed by atoms with Crippen molar-refractivity contribution in [1.82, 2.24) is 14.9 Å². The Balaban J connectivity index is 1.75. The Labute approximate surface area is 183 Å². The summed E-state index contributed by atoms with van der Waals surface area (Å²) in [6, 6.07) is 14.8. The van der Waals surface area contributed by atoms with Crippen LogP contribution in [0.4, 0.5) is 23.1 Å². The second-order valence-corrected chi connectivity index (χ2v) is 7.89. The number of nitrogens with one attached hydrogen (secondary N) is 2. The van der Waals surface area contributed by atoms with Crippen molar-refractivity contribution in [3.63, 3.8) is 0 Å². The van der Waals surface area contributed by atoms with E-state index in [9.17, 15) is 8.76 Å². The molecule has 9 heteroatoms. The van der Waals surface area contributed by atoms with Gasteiger partial charge in [0.05, 0.1) is 16.8 Å². The highest BCUT2D eigenvalue weighted by atomic mass is 35.5. The first-order valence-electron chi connectivity index (χ1n) is 9.58. The van der Waals surface area contributed by atoms with Crippen LogP contribution < -0.4 is 10.6 Å². The SMILES string of the molecule is CCN(CC)Cc1ccc(Nc2ncc(Cl)c(Nc3ccccc3S(=O)O)n2)cc1. The van der Waals surface area contributed by atoms with Crippen LogP contribution >= 0.6 is 11.6 Å². The average Bonchev–Trinajstić information content (AvgIpc) is 2.75. The van der Waals surface area contributed by atoms with Gasteiger partial charge in [-0.15, -0.1) is 0 Å². The van der Waals surface area contributed by atoms with Crippen LogP contribution in [0.15, 0.2) is 59.6 Å². The minimum absolute atomic E-state index is 0.241. The molecule has 3 rings (SSSR count). The Hall–Kier alpha value is -2.52. The van der Waals surface area contributed by atoms with Crippen molar-refractivity contribution < 1.29 is 8.76 Å². The van der Waals surface area contributed by atoms with Crippen molar-refractivity contribution in [1.29, 1.82) is 0 Å². The molecule has 3 N–H and O–H groups in total. The van der Waals surface area contributed by atoms with Gasteiger partial charge in [-0.2, -0.15) is 4.98 Å². The lowest BCUT2D eigenvalue weighted by Gasteiger charge is -2.18. The molecule has 0 aliphatic carbocycles. The third kappa shape index (κ3) is 5.76. The predicted octanol–water partition coefficient (Wildman–Crippen LogP) is 5.04. The Bertz CT molecular complexity index is 1010. The van der Waals surface area contributed by atoms with Gasteiger partial charge >= 0.3 is 0 Å². The van der Waals surface area contributed by atoms with E-state index in [1.807, 2.05) is 12.1 Å². The number of aromatic nitrogens is 2. The standard InChI is InChI=1S/C21H24ClN5O2S/c1-3-27(4-2)14-15-9-11-16(12-10-15)24-21-23-13-17(22)20(26-21)25-18-7-5-6-8-19(18)30(28)29/h5-13H,3-4,14H2,1-2H3,(H,28,29)(H2,23,24,25,26). The molecule has 1 aromatic heterocycles. The molecule has 0 aliphatic heterocycles. The molecule has 0 bridgehead atoms. The first kappa shape index (κ1) is 22.2. The summed E-state index contributed by atoms with van der Waals surface area (Å²) >= 11 is 4.09. The normalized spacial score (nSPS) is 12.0. The van der Waals surface area contributed by atoms with Crippen LogP contribution in [-0.4, -0.2) is 36.7 Å². The molecule has 0 saturated carbocycles. The topological polar surface area (TPSA) is 90.4 Å². The lowest BCUT2D eigenvalue weighted by molar-refractivity contribution is 0.296. The molecule has 1 heterocycles. The van der Waals surface area contributed by atoms with Gasteiger partial charge in [0.1, 0.15) is 5.02 Å². The Morgan fingerprint density at radius 2 is 1.77 bits per heavy atom. The zero-order valence-electron chi connectivity index (χ0n) is 16.8. The van der Waals surface area contributed by atoms with Crippen molar-refractivity contribution in [3.8, 4) is 0 Å². The molecule has 0 aliphatic rings. The highest BCUT2D eigenvalue weighted by Crippen LogP contribution is 2.28. The molecule has 0 saturated heterocycles. The molecule has 1 unspecified atom stereocenters. The van der Waals surface area contributed by atoms with Gasteiger partial charge in [-0.05, 0) is 42.9 Å². The number of benzene rings is 2. The van der Waals surface area contributed by atoms with Gasteiger partial charge in [0.25, 0.3) is 0 Å². The van der Waals surface area contributed by atoms with Gasteiger partial charge in [-0.25, -0.2) is 9.19 Å². The van der Waals surface area contributed by atoms with E-state index in [2.05, 4.69) is 51.5 Å². The first-order valence-corrected chi connectivity index (χ1v) is 11.1. The van der Waals surface area contributed by atoms with Crippen molar-refractivity contribution in [3.05, 3.63) is 65.3 Å². The highest BCUT2D eigenvalue weighted by Gasteiger charge is 2.11. The largest absolute Gasteiger partial charge is 0.338 e. The molecule has 0 radical (unpaired) electrons. The van der Waals surface area contributed by atoms with Crippen LogP contribution in [0.1, 0.15) is 19.4 Å². The van der Waals surface area contributed by atoms with E-state index in [1.54, 1.807) is 24.3 Å². The lowest BCUT2D eigenvalue weighted by atomic mass is 10.2. The second-order valence-electron chi connectivity index (χ2n) is 6.54. The number of para-hydroxylation sites is 1. The van der Waals surface area contributed by atoms with Gasteiger partial charge in [-0.3, -0.25) is 4.90 Å². The van der Waals surface area contributed by atoms with Gasteiger partial charge in [0, 0.05) is 12.2 Å². The van der Waals surface area contributed by atoms with Gasteiger partial charge in [0.15, 0.2) is 16.9 Å². The fourth-order valence-corrected chi connectivity index (χ4v) is 3.53. The Morgan fingerprint density at radius 1 is 1.07 bits per heavy atom. The van der Waals surface area contributed by atoms with E-state index in [4.69, 9.17) is 11.6 Å². The van der Waals surface area contributed by atoms with Crippen LogP contribution in [0.25, 0.3) is 0 Å². The number of anilines is 4. The zero-order valence-corrected chi connectivity index (χ0v) is 18.4. The van der Waals surface area contributed by atoms with Crippen LogP contribution in [0.2, 0.25) is 5.02 Å². The molecular formula is C21H24ClN5O2S. The van der Waals surface area contributed by atoms with Crippen molar-refractivity contribution in [2.45, 2.75) is 25.3 Å². The molecule has 0 fully saturated rings. The van der Waals surface area contributed by atoms with E-state index in [-0.39, 0.29) is 4.90 Å². The van der Waals surface area contributed by atoms with Crippen molar-refractivity contribution >= 4 is 45.8 Å². The van der Waals surface area contributed by atoms with Crippen molar-refractivity contribution in [2.75, 3.05) is 23.7 Å². The summed E-state index contributed by atoms with van der Waals surface area (Å²) in [6.45, 7) is 7.24. The maximum atomic E-state index is 11.5. The van der Waals surface area contributed by atoms with Crippen LogP contribution in [-0.2, 0) is 17.6 Å². The van der Waals surface area contributed by atoms with E-state index in [0.717, 1.165) is 25.3 Å². The number of rotatable bonds is 9. The number of hydrogen-bond donors (Lipinski definition) is 3. The second kappa shape index (κ2) is 10.5. The quantitative estimate of drug-likeness (QED) is 0.397. The van der Waals surface area contributed by atoms with Gasteiger partial charge < -0.3 is 15.2 Å². The lowest BCUT2D eigenvalue weighted by Crippen LogP contribution is -2.21. The molecule has 1 atom stereocenters. The third-order valence-electron chi connectivity index (χ3n) is 4.58. The summed E-state index contributed by atoms with van der Waals surface area (Å²) in [6.07, 6.45) is 1.48. The summed E-state index contributed by atoms with van der Waals surface area (Å²) in [5, 5.41) is 6.47. The fourth-order valence-electron chi connectivity index (χ4n) is 2.89. The molecule has 30 heavy (non-hydrogen) atoms.